The molecule has 0 unspecified atom stereocenters. The Balaban J connectivity index is 1.38. The quantitative estimate of drug-likeness (QED) is 0.161. The highest BCUT2D eigenvalue weighted by Gasteiger charge is 2.54. The van der Waals surface area contributed by atoms with Crippen LogP contribution < -0.4 is 15.7 Å². The Morgan fingerprint density at radius 1 is 1.39 bits per heavy atom. The maximum Gasteiger partial charge on any atom is 0.352 e. The molecule has 2 atom stereocenters. The van der Waals surface area contributed by atoms with E-state index in [1.54, 1.807) is 14.7 Å². The van der Waals surface area contributed by atoms with Crippen molar-refractivity contribution in [1.82, 2.24) is 25.1 Å². The van der Waals surface area contributed by atoms with Gasteiger partial charge in [-0.25, -0.2) is 9.78 Å². The van der Waals surface area contributed by atoms with Crippen LogP contribution in [0.3, 0.4) is 0 Å². The number of amides is 2. The number of oxime groups is 1. The number of aromatic nitrogens is 4. The van der Waals surface area contributed by atoms with E-state index < -0.39 is 29.2 Å². The van der Waals surface area contributed by atoms with Gasteiger partial charge in [-0.2, -0.15) is 0 Å². The molecule has 0 aliphatic carbocycles. The molecule has 0 radical (unpaired) electrons. The number of nitrogen functional groups attached to an aromatic ring is 1. The zero-order chi connectivity index (χ0) is 25.6. The van der Waals surface area contributed by atoms with Crippen molar-refractivity contribution in [2.45, 2.75) is 18.0 Å². The monoisotopic (exact) mass is 529 g/mol. The summed E-state index contributed by atoms with van der Waals surface area (Å²) >= 11 is 2.50. The van der Waals surface area contributed by atoms with E-state index >= 15 is 0 Å². The summed E-state index contributed by atoms with van der Waals surface area (Å²) in [5, 5.41) is 22.0. The molecule has 0 bridgehead atoms. The molecule has 15 heteroatoms. The summed E-state index contributed by atoms with van der Waals surface area (Å²) in [4.78, 5) is 48.2. The molecule has 1 saturated heterocycles. The van der Waals surface area contributed by atoms with E-state index in [1.807, 2.05) is 31.3 Å². The molecule has 0 spiro atoms. The number of nitrogens with two attached hydrogens (primary N) is 1. The highest BCUT2D eigenvalue weighted by atomic mass is 32.2. The number of anilines is 1. The van der Waals surface area contributed by atoms with Gasteiger partial charge in [-0.1, -0.05) is 17.3 Å². The molecule has 2 aromatic heterocycles. The van der Waals surface area contributed by atoms with E-state index in [0.717, 1.165) is 22.4 Å². The second kappa shape index (κ2) is 9.23. The second-order valence-electron chi connectivity index (χ2n) is 7.97. The number of thiazole rings is 1. The maximum atomic E-state index is 13.1. The molecule has 1 aromatic carbocycles. The second-order valence-corrected chi connectivity index (χ2v) is 9.97. The number of nitrogens with zero attached hydrogens (tertiary/aromatic N) is 6. The number of β-lactam (4-membered cyclic amide) rings is 1. The molecular weight excluding hydrogens is 508 g/mol. The molecular formula is C21H21N8O5S2+. The normalized spacial score (nSPS) is 19.8. The van der Waals surface area contributed by atoms with Crippen LogP contribution >= 0.6 is 23.1 Å². The lowest BCUT2D eigenvalue weighted by Crippen LogP contribution is -2.71. The Morgan fingerprint density at radius 2 is 2.17 bits per heavy atom. The Bertz CT molecular complexity index is 1460. The minimum Gasteiger partial charge on any atom is -0.477 e. The van der Waals surface area contributed by atoms with Gasteiger partial charge in [-0.15, -0.1) is 32.5 Å². The molecule has 13 nitrogen and oxygen atoms in total. The minimum absolute atomic E-state index is 0.0884. The number of benzene rings is 1. The summed E-state index contributed by atoms with van der Waals surface area (Å²) < 4.78 is 3.43. The van der Waals surface area contributed by atoms with Crippen LogP contribution in [-0.4, -0.2) is 72.7 Å². The topological polar surface area (TPSA) is 169 Å². The highest BCUT2D eigenvalue weighted by molar-refractivity contribution is 8.00. The van der Waals surface area contributed by atoms with Crippen LogP contribution in [0.4, 0.5) is 5.13 Å². The fraction of sp³-hybridized carbons (Fsp3) is 0.286. The third-order valence-electron chi connectivity index (χ3n) is 5.79. The van der Waals surface area contributed by atoms with Gasteiger partial charge in [0.25, 0.3) is 11.8 Å². The van der Waals surface area contributed by atoms with Gasteiger partial charge in [0.15, 0.2) is 21.9 Å². The number of aryl methyl sites for hydroxylation is 1. The van der Waals surface area contributed by atoms with Crippen LogP contribution in [-0.2, 0) is 32.8 Å². The molecule has 1 fully saturated rings. The highest BCUT2D eigenvalue weighted by Crippen LogP contribution is 2.40. The van der Waals surface area contributed by atoms with Crippen LogP contribution in [0.5, 0.6) is 0 Å². The van der Waals surface area contributed by atoms with Crippen molar-refractivity contribution in [3.63, 3.8) is 0 Å². The summed E-state index contributed by atoms with van der Waals surface area (Å²) in [7, 11) is 3.09. The number of thioether (sulfide) groups is 1. The van der Waals surface area contributed by atoms with Crippen molar-refractivity contribution in [2.24, 2.45) is 12.2 Å². The summed E-state index contributed by atoms with van der Waals surface area (Å²) in [6.45, 7) is 0.208. The van der Waals surface area contributed by atoms with Crippen LogP contribution in [0.25, 0.3) is 11.0 Å². The number of carboxylic acid groups (broad SMARTS) is 1. The first kappa shape index (κ1) is 23.7. The largest absolute Gasteiger partial charge is 0.477 e. The van der Waals surface area contributed by atoms with E-state index in [4.69, 9.17) is 10.6 Å². The van der Waals surface area contributed by atoms with Crippen molar-refractivity contribution in [3.05, 3.63) is 46.6 Å². The zero-order valence-corrected chi connectivity index (χ0v) is 20.7. The average molecular weight is 530 g/mol. The Morgan fingerprint density at radius 3 is 2.86 bits per heavy atom. The fourth-order valence-corrected chi connectivity index (χ4v) is 6.10. The number of rotatable bonds is 7. The Hall–Kier alpha value is -3.98. The molecule has 2 aliphatic heterocycles. The standard InChI is InChI=1S/C21H20N8O5S2/c1-27-12-5-3-4-6-13(12)28(26-27)7-10-8-35-19-15(18(31)29(19)16(10)20(32)33)24-17(30)14(25-34-2)11-9-36-21(22)23-11/h3-6,9,15,19H,7-8H2,1-2H3,(H3-,22,23,24,30,32,33)/p+1/b25-14-/t15-,19-/m1/s1. The molecule has 4 heterocycles. The van der Waals surface area contributed by atoms with Gasteiger partial charge in [0.2, 0.25) is 0 Å². The summed E-state index contributed by atoms with van der Waals surface area (Å²) in [5.74, 6) is -2.07. The molecule has 5 rings (SSSR count). The summed E-state index contributed by atoms with van der Waals surface area (Å²) in [6.07, 6.45) is 0. The van der Waals surface area contributed by atoms with E-state index in [1.165, 1.54) is 23.8 Å². The first-order valence-corrected chi connectivity index (χ1v) is 12.6. The summed E-state index contributed by atoms with van der Waals surface area (Å²) in [6, 6.07) is 6.67. The van der Waals surface area contributed by atoms with Gasteiger partial charge >= 0.3 is 5.97 Å². The molecule has 2 aliphatic rings. The van der Waals surface area contributed by atoms with Gasteiger partial charge in [-0.3, -0.25) is 14.5 Å². The fourth-order valence-electron chi connectivity index (χ4n) is 4.22. The number of hydrogen-bond acceptors (Lipinski definition) is 10. The van der Waals surface area contributed by atoms with Crippen molar-refractivity contribution in [1.29, 1.82) is 0 Å². The minimum atomic E-state index is -1.21. The number of carbonyl (C=O) groups excluding carboxylic acids is 2. The van der Waals surface area contributed by atoms with Crippen LogP contribution in [0, 0.1) is 0 Å². The molecule has 36 heavy (non-hydrogen) atoms. The number of carbonyl (C=O) groups is 3. The number of fused-ring (bicyclic) bond motifs is 2. The smallest absolute Gasteiger partial charge is 0.352 e. The average Bonchev–Trinajstić information content (AvgIpc) is 3.43. The lowest BCUT2D eigenvalue weighted by molar-refractivity contribution is -0.709. The van der Waals surface area contributed by atoms with Gasteiger partial charge in [0.05, 0.1) is 5.21 Å². The summed E-state index contributed by atoms with van der Waals surface area (Å²) in [5.41, 5.74) is 7.94. The predicted octanol–water partition coefficient (Wildman–Crippen LogP) is -0.311. The number of aliphatic carboxylic acids is 1. The molecule has 3 aromatic rings. The van der Waals surface area contributed by atoms with Crippen molar-refractivity contribution in [2.75, 3.05) is 18.6 Å². The van der Waals surface area contributed by atoms with E-state index in [9.17, 15) is 19.5 Å². The Kier molecular flexibility index (Phi) is 6.09. The third-order valence-corrected chi connectivity index (χ3v) is 7.80. The van der Waals surface area contributed by atoms with Crippen molar-refractivity contribution >= 4 is 62.8 Å². The molecule has 2 amide bonds. The first-order valence-electron chi connectivity index (χ1n) is 10.7. The zero-order valence-electron chi connectivity index (χ0n) is 19.1. The number of nitrogens with one attached hydrogen (secondary N) is 1. The lowest BCUT2D eigenvalue weighted by Gasteiger charge is -2.49. The molecule has 186 valence electrons. The first-order chi connectivity index (χ1) is 17.3. The van der Waals surface area contributed by atoms with Gasteiger partial charge in [0, 0.05) is 16.7 Å². The van der Waals surface area contributed by atoms with Gasteiger partial charge in [0.1, 0.15) is 43.5 Å². The maximum absolute atomic E-state index is 13.1. The van der Waals surface area contributed by atoms with Crippen molar-refractivity contribution < 1.29 is 29.0 Å². The lowest BCUT2D eigenvalue weighted by atomic mass is 10.0. The third kappa shape index (κ3) is 3.95. The molecule has 0 saturated carbocycles. The van der Waals surface area contributed by atoms with Crippen LogP contribution in [0.15, 0.2) is 46.1 Å². The van der Waals surface area contributed by atoms with E-state index in [2.05, 4.69) is 20.7 Å². The number of hydrogen-bond donors (Lipinski definition) is 3. The van der Waals surface area contributed by atoms with E-state index in [0.29, 0.717) is 11.3 Å². The van der Waals surface area contributed by atoms with Crippen LogP contribution in [0.2, 0.25) is 0 Å². The molecule has 4 N–H and O–H groups in total. The van der Waals surface area contributed by atoms with Crippen LogP contribution in [0.1, 0.15) is 5.69 Å². The number of carboxylic acids is 1. The predicted molar refractivity (Wildman–Crippen MR) is 131 cm³/mol. The van der Waals surface area contributed by atoms with E-state index in [-0.39, 0.29) is 28.8 Å². The van der Waals surface area contributed by atoms with Gasteiger partial charge < -0.3 is 21.0 Å². The number of para-hydroxylation sites is 2. The van der Waals surface area contributed by atoms with Gasteiger partial charge in [-0.05, 0) is 12.1 Å². The van der Waals surface area contributed by atoms with Crippen molar-refractivity contribution in [3.8, 4) is 0 Å². The SMILES string of the molecule is CO/N=C(\C(=O)N[C@@H]1C(=O)N2C(C(=O)O)=C(Cn3n[n+](C)c4ccccc43)CS[C@H]12)c1csc(N)n1. The Labute approximate surface area is 212 Å².